The number of guanidine groups is 1. The molecule has 1 aliphatic rings. The van der Waals surface area contributed by atoms with Crippen molar-refractivity contribution in [1.29, 1.82) is 0 Å². The van der Waals surface area contributed by atoms with Gasteiger partial charge in [0.25, 0.3) is 0 Å². The minimum atomic E-state index is -0.963. The maximum atomic E-state index is 14.8. The predicted molar refractivity (Wildman–Crippen MR) is 107 cm³/mol. The quantitative estimate of drug-likeness (QED) is 0.539. The van der Waals surface area contributed by atoms with Crippen molar-refractivity contribution in [2.75, 3.05) is 18.0 Å². The fourth-order valence-electron chi connectivity index (χ4n) is 2.96. The number of aliphatic imine (C=N–C) groups is 1. The summed E-state index contributed by atoms with van der Waals surface area (Å²) >= 11 is 0. The van der Waals surface area contributed by atoms with Gasteiger partial charge < -0.3 is 25.8 Å². The topological polar surface area (TPSA) is 116 Å². The summed E-state index contributed by atoms with van der Waals surface area (Å²) in [5, 5.41) is 0. The van der Waals surface area contributed by atoms with Crippen molar-refractivity contribution in [3.8, 4) is 0 Å². The zero-order valence-electron chi connectivity index (χ0n) is 16.2. The molecule has 3 rings (SSSR count). The Bertz CT molecular complexity index is 895. The van der Waals surface area contributed by atoms with Gasteiger partial charge in [-0.3, -0.25) is 4.98 Å². The number of aromatic nitrogens is 1. The van der Waals surface area contributed by atoms with Crippen LogP contribution >= 0.6 is 0 Å². The highest BCUT2D eigenvalue weighted by Gasteiger charge is 2.30. The lowest BCUT2D eigenvalue weighted by Gasteiger charge is -2.41. The zero-order chi connectivity index (χ0) is 20.8. The first-order chi connectivity index (χ1) is 14.0. The molecule has 8 nitrogen and oxygen atoms in total. The summed E-state index contributed by atoms with van der Waals surface area (Å²) in [6.45, 7) is 3.46. The highest BCUT2D eigenvalue weighted by molar-refractivity contribution is 5.87. The number of ether oxygens (including phenoxy) is 2. The molecule has 2 heterocycles. The van der Waals surface area contributed by atoms with Gasteiger partial charge in [0.05, 0.1) is 18.4 Å². The van der Waals surface area contributed by atoms with Crippen molar-refractivity contribution in [3.63, 3.8) is 0 Å². The Balaban J connectivity index is 1.52. The molecule has 1 fully saturated rings. The smallest absolute Gasteiger partial charge is 0.437 e. The van der Waals surface area contributed by atoms with E-state index in [-0.39, 0.29) is 18.3 Å². The zero-order valence-corrected chi connectivity index (χ0v) is 16.2. The Morgan fingerprint density at radius 3 is 2.83 bits per heavy atom. The summed E-state index contributed by atoms with van der Waals surface area (Å²) in [5.41, 5.74) is 13.0. The van der Waals surface area contributed by atoms with Crippen molar-refractivity contribution in [1.82, 2.24) is 4.98 Å². The van der Waals surface area contributed by atoms with Crippen LogP contribution in [0.4, 0.5) is 14.9 Å². The van der Waals surface area contributed by atoms with Gasteiger partial charge in [0.1, 0.15) is 6.61 Å². The molecule has 2 aromatic rings. The molecular formula is C20H24FN5O3. The highest BCUT2D eigenvalue weighted by atomic mass is 19.1. The number of hydrogen-bond donors (Lipinski definition) is 2. The molecule has 0 bridgehead atoms. The number of pyridine rings is 1. The van der Waals surface area contributed by atoms with Crippen LogP contribution in [0.5, 0.6) is 0 Å². The SMILES string of the molecule is CCc1cc(COC2CN(c3cccc(COC(=O)N=C(N)N)c3F)C2)ccn1. The molecule has 0 atom stereocenters. The average molecular weight is 401 g/mol. The van der Waals surface area contributed by atoms with Gasteiger partial charge in [0.15, 0.2) is 11.8 Å². The standard InChI is InChI=1S/C20H24FN5O3/c1-2-15-8-13(6-7-24-15)11-28-16-9-26(10-16)17-5-3-4-14(18(17)21)12-29-20(27)25-19(22)23/h3-8,16H,2,9-12H2,1H3,(H4,22,23,25,27). The van der Waals surface area contributed by atoms with Gasteiger partial charge in [-0.15, -0.1) is 4.99 Å². The van der Waals surface area contributed by atoms with Crippen molar-refractivity contribution in [3.05, 3.63) is 59.2 Å². The molecule has 1 aromatic heterocycles. The molecule has 0 unspecified atom stereocenters. The van der Waals surface area contributed by atoms with E-state index in [1.165, 1.54) is 0 Å². The fraction of sp³-hybridized carbons (Fsp3) is 0.350. The lowest BCUT2D eigenvalue weighted by Crippen LogP contribution is -2.52. The summed E-state index contributed by atoms with van der Waals surface area (Å²) in [4.78, 5) is 20.8. The van der Waals surface area contributed by atoms with Gasteiger partial charge in [0, 0.05) is 30.5 Å². The number of aryl methyl sites for hydroxylation is 1. The number of hydrogen-bond acceptors (Lipinski definition) is 5. The van der Waals surface area contributed by atoms with E-state index in [0.717, 1.165) is 17.7 Å². The van der Waals surface area contributed by atoms with Crippen LogP contribution in [0.25, 0.3) is 0 Å². The van der Waals surface area contributed by atoms with E-state index < -0.39 is 17.9 Å². The predicted octanol–water partition coefficient (Wildman–Crippen LogP) is 2.10. The first-order valence-corrected chi connectivity index (χ1v) is 9.30. The van der Waals surface area contributed by atoms with Gasteiger partial charge >= 0.3 is 6.09 Å². The van der Waals surface area contributed by atoms with E-state index in [1.807, 2.05) is 17.0 Å². The molecule has 4 N–H and O–H groups in total. The number of rotatable bonds is 7. The number of carbonyl (C=O) groups excluding carboxylic acids is 1. The number of anilines is 1. The van der Waals surface area contributed by atoms with E-state index in [0.29, 0.717) is 25.4 Å². The van der Waals surface area contributed by atoms with Crippen LogP contribution in [0, 0.1) is 5.82 Å². The molecule has 154 valence electrons. The third kappa shape index (κ3) is 5.41. The number of benzene rings is 1. The molecule has 9 heteroatoms. The number of amides is 1. The third-order valence-corrected chi connectivity index (χ3v) is 4.55. The van der Waals surface area contributed by atoms with Crippen LogP contribution in [0.15, 0.2) is 41.5 Å². The second-order valence-electron chi connectivity index (χ2n) is 6.69. The van der Waals surface area contributed by atoms with Crippen molar-refractivity contribution in [2.24, 2.45) is 16.5 Å². The summed E-state index contributed by atoms with van der Waals surface area (Å²) in [5.74, 6) is -0.848. The van der Waals surface area contributed by atoms with Crippen molar-refractivity contribution < 1.29 is 18.7 Å². The van der Waals surface area contributed by atoms with E-state index in [2.05, 4.69) is 16.9 Å². The number of nitrogens with two attached hydrogens (primary N) is 2. The first-order valence-electron chi connectivity index (χ1n) is 9.30. The summed E-state index contributed by atoms with van der Waals surface area (Å²) in [6.07, 6.45) is 1.72. The van der Waals surface area contributed by atoms with Crippen LogP contribution in [0.1, 0.15) is 23.7 Å². The Hall–Kier alpha value is -3.20. The average Bonchev–Trinajstić information content (AvgIpc) is 2.66. The Kier molecular flexibility index (Phi) is 6.61. The van der Waals surface area contributed by atoms with E-state index in [9.17, 15) is 9.18 Å². The van der Waals surface area contributed by atoms with Gasteiger partial charge in [-0.2, -0.15) is 0 Å². The number of halogens is 1. The molecular weight excluding hydrogens is 377 g/mol. The van der Waals surface area contributed by atoms with Gasteiger partial charge in [-0.25, -0.2) is 9.18 Å². The summed E-state index contributed by atoms with van der Waals surface area (Å²) < 4.78 is 25.5. The maximum Gasteiger partial charge on any atom is 0.437 e. The Morgan fingerprint density at radius 2 is 2.10 bits per heavy atom. The van der Waals surface area contributed by atoms with Crippen molar-refractivity contribution >= 4 is 17.7 Å². The van der Waals surface area contributed by atoms with Crippen LogP contribution in [0.3, 0.4) is 0 Å². The molecule has 0 aliphatic carbocycles. The van der Waals surface area contributed by atoms with Gasteiger partial charge in [0.2, 0.25) is 0 Å². The van der Waals surface area contributed by atoms with Crippen LogP contribution in [-0.2, 0) is 29.1 Å². The largest absolute Gasteiger partial charge is 0.443 e. The summed E-state index contributed by atoms with van der Waals surface area (Å²) in [6, 6.07) is 8.90. The second-order valence-corrected chi connectivity index (χ2v) is 6.69. The lowest BCUT2D eigenvalue weighted by molar-refractivity contribution is 0.0221. The van der Waals surface area contributed by atoms with Crippen molar-refractivity contribution in [2.45, 2.75) is 32.7 Å². The minimum absolute atomic E-state index is 0.0241. The van der Waals surface area contributed by atoms with Gasteiger partial charge in [-0.05, 0) is 30.2 Å². The molecule has 0 radical (unpaired) electrons. The van der Waals surface area contributed by atoms with Crippen LogP contribution in [-0.4, -0.2) is 36.2 Å². The molecule has 29 heavy (non-hydrogen) atoms. The highest BCUT2D eigenvalue weighted by Crippen LogP contribution is 2.28. The third-order valence-electron chi connectivity index (χ3n) is 4.55. The molecule has 0 spiro atoms. The molecule has 1 aromatic carbocycles. The van der Waals surface area contributed by atoms with Gasteiger partial charge in [-0.1, -0.05) is 19.1 Å². The summed E-state index contributed by atoms with van der Waals surface area (Å²) in [7, 11) is 0. The minimum Gasteiger partial charge on any atom is -0.443 e. The molecule has 1 aliphatic heterocycles. The van der Waals surface area contributed by atoms with Crippen LogP contribution < -0.4 is 16.4 Å². The molecule has 0 saturated carbocycles. The number of nitrogens with zero attached hydrogens (tertiary/aromatic N) is 3. The van der Waals surface area contributed by atoms with E-state index >= 15 is 0 Å². The fourth-order valence-corrected chi connectivity index (χ4v) is 2.96. The lowest BCUT2D eigenvalue weighted by atomic mass is 10.1. The number of carbonyl (C=O) groups is 1. The van der Waals surface area contributed by atoms with Crippen LogP contribution in [0.2, 0.25) is 0 Å². The van der Waals surface area contributed by atoms with E-state index in [4.69, 9.17) is 20.9 Å². The van der Waals surface area contributed by atoms with E-state index in [1.54, 1.807) is 24.4 Å². The monoisotopic (exact) mass is 401 g/mol. The first kappa shape index (κ1) is 20.5. The molecule has 1 saturated heterocycles. The second kappa shape index (κ2) is 9.33. The Morgan fingerprint density at radius 1 is 1.31 bits per heavy atom. The molecule has 1 amide bonds. The normalized spacial score (nSPS) is 13.7. The maximum absolute atomic E-state index is 14.8. The Labute approximate surface area is 168 Å².